The summed E-state index contributed by atoms with van der Waals surface area (Å²) >= 11 is 0. The average Bonchev–Trinajstić information content (AvgIpc) is 3.09. The van der Waals surface area contributed by atoms with Crippen LogP contribution in [0.2, 0.25) is 0 Å². The van der Waals surface area contributed by atoms with Gasteiger partial charge in [-0.15, -0.1) is 0 Å². The van der Waals surface area contributed by atoms with Crippen molar-refractivity contribution in [3.05, 3.63) is 12.2 Å². The van der Waals surface area contributed by atoms with Crippen LogP contribution in [-0.4, -0.2) is 47.2 Å². The Hall–Kier alpha value is -0.910. The first-order chi connectivity index (χ1) is 12.8. The van der Waals surface area contributed by atoms with E-state index in [4.69, 9.17) is 4.74 Å². The lowest BCUT2D eigenvalue weighted by Crippen LogP contribution is -2.35. The van der Waals surface area contributed by atoms with Crippen molar-refractivity contribution < 1.29 is 24.5 Å². The molecule has 0 aromatic rings. The summed E-state index contributed by atoms with van der Waals surface area (Å²) in [6.45, 7) is 4.54. The summed E-state index contributed by atoms with van der Waals surface area (Å²) in [4.78, 5) is 11.2. The van der Waals surface area contributed by atoms with Crippen LogP contribution < -0.4 is 0 Å². The maximum Gasteiger partial charge on any atom is 0.305 e. The van der Waals surface area contributed by atoms with Crippen LogP contribution in [0.15, 0.2) is 12.2 Å². The van der Waals surface area contributed by atoms with Crippen LogP contribution in [-0.2, 0) is 14.3 Å². The molecule has 156 valence electrons. The molecule has 5 heteroatoms. The number of hydrogen-bond donors (Lipinski definition) is 2. The second-order valence-corrected chi connectivity index (χ2v) is 8.66. The van der Waals surface area contributed by atoms with Gasteiger partial charge in [0.25, 0.3) is 0 Å². The molecule has 2 aliphatic rings. The van der Waals surface area contributed by atoms with Crippen LogP contribution in [0.3, 0.4) is 0 Å². The largest absolute Gasteiger partial charge is 0.469 e. The van der Waals surface area contributed by atoms with E-state index >= 15 is 0 Å². The highest BCUT2D eigenvalue weighted by Crippen LogP contribution is 2.52. The predicted octanol–water partition coefficient (Wildman–Crippen LogP) is 3.76. The molecule has 2 fully saturated rings. The molecule has 2 rings (SSSR count). The fraction of sp³-hybridized carbons (Fsp3) is 0.864. The highest BCUT2D eigenvalue weighted by atomic mass is 16.5. The highest BCUT2D eigenvalue weighted by Gasteiger charge is 2.54. The lowest BCUT2D eigenvalue weighted by Gasteiger charge is -2.29. The molecule has 0 aromatic carbocycles. The molecular weight excluding hydrogens is 344 g/mol. The summed E-state index contributed by atoms with van der Waals surface area (Å²) < 4.78 is 10.6. The molecule has 1 unspecified atom stereocenters. The SMILES string of the molecule is CCCCCC(C)(O)C=C[C@@H]1CC[C@@H]2C[C@@H](OCCCC(=O)OC)C[C@]21O. The van der Waals surface area contributed by atoms with Gasteiger partial charge in [-0.1, -0.05) is 38.3 Å². The number of carbonyl (C=O) groups is 1. The first-order valence-electron chi connectivity index (χ1n) is 10.6. The zero-order valence-electron chi connectivity index (χ0n) is 17.3. The summed E-state index contributed by atoms with van der Waals surface area (Å²) in [5, 5.41) is 21.8. The van der Waals surface area contributed by atoms with Crippen molar-refractivity contribution in [3.63, 3.8) is 0 Å². The Morgan fingerprint density at radius 1 is 1.30 bits per heavy atom. The fourth-order valence-electron chi connectivity index (χ4n) is 4.69. The zero-order chi connectivity index (χ0) is 19.9. The van der Waals surface area contributed by atoms with Gasteiger partial charge in [0, 0.05) is 25.4 Å². The van der Waals surface area contributed by atoms with E-state index in [0.717, 1.165) is 44.9 Å². The molecule has 0 aromatic heterocycles. The Morgan fingerprint density at radius 2 is 2.07 bits per heavy atom. The Bertz CT molecular complexity index is 501. The fourth-order valence-corrected chi connectivity index (χ4v) is 4.69. The Morgan fingerprint density at radius 3 is 2.78 bits per heavy atom. The molecule has 2 N–H and O–H groups in total. The van der Waals surface area contributed by atoms with Crippen molar-refractivity contribution in [3.8, 4) is 0 Å². The van der Waals surface area contributed by atoms with Crippen molar-refractivity contribution in [2.24, 2.45) is 11.8 Å². The third kappa shape index (κ3) is 6.30. The Labute approximate surface area is 164 Å². The van der Waals surface area contributed by atoms with Gasteiger partial charge < -0.3 is 19.7 Å². The molecule has 0 radical (unpaired) electrons. The van der Waals surface area contributed by atoms with Crippen molar-refractivity contribution in [2.45, 2.75) is 95.4 Å². The van der Waals surface area contributed by atoms with Crippen molar-refractivity contribution >= 4 is 5.97 Å². The minimum atomic E-state index is -0.800. The molecule has 5 nitrogen and oxygen atoms in total. The van der Waals surface area contributed by atoms with Gasteiger partial charge >= 0.3 is 5.97 Å². The summed E-state index contributed by atoms with van der Waals surface area (Å²) in [5.41, 5.74) is -1.52. The van der Waals surface area contributed by atoms with Crippen LogP contribution in [0, 0.1) is 11.8 Å². The minimum Gasteiger partial charge on any atom is -0.469 e. The quantitative estimate of drug-likeness (QED) is 0.323. The van der Waals surface area contributed by atoms with Gasteiger partial charge in [0.2, 0.25) is 0 Å². The number of rotatable bonds is 11. The summed E-state index contributed by atoms with van der Waals surface area (Å²) in [6.07, 6.45) is 12.6. The lowest BCUT2D eigenvalue weighted by molar-refractivity contribution is -0.141. The zero-order valence-corrected chi connectivity index (χ0v) is 17.3. The van der Waals surface area contributed by atoms with Crippen LogP contribution in [0.25, 0.3) is 0 Å². The second kappa shape index (κ2) is 10.0. The van der Waals surface area contributed by atoms with Crippen LogP contribution in [0.4, 0.5) is 0 Å². The molecule has 0 aliphatic heterocycles. The third-order valence-electron chi connectivity index (χ3n) is 6.36. The summed E-state index contributed by atoms with van der Waals surface area (Å²) in [7, 11) is 1.39. The van der Waals surface area contributed by atoms with Gasteiger partial charge in [-0.05, 0) is 44.9 Å². The number of fused-ring (bicyclic) bond motifs is 1. The first kappa shape index (κ1) is 22.4. The van der Waals surface area contributed by atoms with Crippen molar-refractivity contribution in [2.75, 3.05) is 13.7 Å². The van der Waals surface area contributed by atoms with Crippen LogP contribution in [0.5, 0.6) is 0 Å². The molecule has 0 saturated heterocycles. The van der Waals surface area contributed by atoms with Crippen LogP contribution in [0.1, 0.15) is 78.1 Å². The van der Waals surface area contributed by atoms with Gasteiger partial charge in [-0.3, -0.25) is 4.79 Å². The van der Waals surface area contributed by atoms with E-state index in [0.29, 0.717) is 25.9 Å². The maximum absolute atomic E-state index is 11.3. The number of hydrogen-bond acceptors (Lipinski definition) is 5. The second-order valence-electron chi connectivity index (χ2n) is 8.66. The molecule has 0 heterocycles. The predicted molar refractivity (Wildman–Crippen MR) is 105 cm³/mol. The Balaban J connectivity index is 1.82. The number of unbranched alkanes of at least 4 members (excludes halogenated alkanes) is 2. The van der Waals surface area contributed by atoms with E-state index in [-0.39, 0.29) is 23.9 Å². The number of ether oxygens (including phenoxy) is 2. The molecule has 2 saturated carbocycles. The minimum absolute atomic E-state index is 0.0545. The van der Waals surface area contributed by atoms with Crippen LogP contribution >= 0.6 is 0 Å². The highest BCUT2D eigenvalue weighted by molar-refractivity contribution is 5.68. The van der Waals surface area contributed by atoms with Crippen molar-refractivity contribution in [1.29, 1.82) is 0 Å². The normalized spacial score (nSPS) is 32.6. The molecule has 2 aliphatic carbocycles. The average molecular weight is 383 g/mol. The summed E-state index contributed by atoms with van der Waals surface area (Å²) in [6, 6.07) is 0. The van der Waals surface area contributed by atoms with Gasteiger partial charge in [-0.2, -0.15) is 0 Å². The van der Waals surface area contributed by atoms with Gasteiger partial charge in [-0.25, -0.2) is 0 Å². The number of carbonyl (C=O) groups excluding carboxylic acids is 1. The van der Waals surface area contributed by atoms with E-state index in [1.54, 1.807) is 0 Å². The summed E-state index contributed by atoms with van der Waals surface area (Å²) in [5.74, 6) is 0.142. The molecule has 0 amide bonds. The molecule has 0 bridgehead atoms. The first-order valence-corrected chi connectivity index (χ1v) is 10.6. The molecular formula is C22H38O5. The topological polar surface area (TPSA) is 76.0 Å². The van der Waals surface area contributed by atoms with E-state index in [9.17, 15) is 15.0 Å². The van der Waals surface area contributed by atoms with E-state index in [2.05, 4.69) is 11.7 Å². The number of methoxy groups -OCH3 is 1. The van der Waals surface area contributed by atoms with Gasteiger partial charge in [0.1, 0.15) is 0 Å². The smallest absolute Gasteiger partial charge is 0.305 e. The lowest BCUT2D eigenvalue weighted by atomic mass is 9.85. The van der Waals surface area contributed by atoms with E-state index in [1.807, 2.05) is 19.1 Å². The third-order valence-corrected chi connectivity index (χ3v) is 6.36. The van der Waals surface area contributed by atoms with E-state index < -0.39 is 11.2 Å². The molecule has 0 spiro atoms. The molecule has 27 heavy (non-hydrogen) atoms. The van der Waals surface area contributed by atoms with Crippen molar-refractivity contribution in [1.82, 2.24) is 0 Å². The Kier molecular flexibility index (Phi) is 8.32. The molecule has 5 atom stereocenters. The maximum atomic E-state index is 11.3. The number of aliphatic hydroxyl groups is 2. The monoisotopic (exact) mass is 382 g/mol. The standard InChI is InChI=1S/C22H38O5/c1-4-5-6-12-21(2,24)13-11-17-9-10-18-15-19(16-22(17,18)25)27-14-7-8-20(23)26-3/h11,13,17-19,24-25H,4-10,12,14-16H2,1-3H3/t17-,18+,19+,21?,22+/m0/s1. The van der Waals surface area contributed by atoms with E-state index in [1.165, 1.54) is 7.11 Å². The van der Waals surface area contributed by atoms with Gasteiger partial charge in [0.15, 0.2) is 0 Å². The number of esters is 1. The van der Waals surface area contributed by atoms with Gasteiger partial charge in [0.05, 0.1) is 24.4 Å².